The van der Waals surface area contributed by atoms with E-state index in [1.807, 2.05) is 32.0 Å². The first-order valence-electron chi connectivity index (χ1n) is 6.62. The van der Waals surface area contributed by atoms with E-state index in [9.17, 15) is 4.79 Å². The van der Waals surface area contributed by atoms with Crippen LogP contribution in [0, 0.1) is 0 Å². The molecule has 3 nitrogen and oxygen atoms in total. The van der Waals surface area contributed by atoms with Crippen LogP contribution in [0.15, 0.2) is 41.8 Å². The minimum absolute atomic E-state index is 0.275. The molecule has 0 bridgehead atoms. The van der Waals surface area contributed by atoms with Crippen LogP contribution in [0.3, 0.4) is 0 Å². The quantitative estimate of drug-likeness (QED) is 0.858. The molecule has 0 saturated carbocycles. The number of carbonyl (C=O) groups is 1. The van der Waals surface area contributed by atoms with Gasteiger partial charge in [-0.1, -0.05) is 30.3 Å². The van der Waals surface area contributed by atoms with Gasteiger partial charge < -0.3 is 11.1 Å². The Morgan fingerprint density at radius 2 is 1.95 bits per heavy atom. The maximum absolute atomic E-state index is 11.0. The summed E-state index contributed by atoms with van der Waals surface area (Å²) in [5.74, 6) is -0.279. The standard InChI is InChI=1S/C16H20N2OS/c1-16(2,9-15(17)19)18-10-14-8-13(11-20-14)12-6-4-3-5-7-12/h3-8,11,18H,9-10H2,1-2H3,(H2,17,19). The van der Waals surface area contributed by atoms with E-state index in [2.05, 4.69) is 28.9 Å². The lowest BCUT2D eigenvalue weighted by Crippen LogP contribution is -2.42. The van der Waals surface area contributed by atoms with Gasteiger partial charge in [0, 0.05) is 23.4 Å². The molecule has 1 aromatic carbocycles. The second-order valence-electron chi connectivity index (χ2n) is 5.55. The van der Waals surface area contributed by atoms with Crippen molar-refractivity contribution in [3.05, 3.63) is 46.7 Å². The van der Waals surface area contributed by atoms with Gasteiger partial charge in [-0.15, -0.1) is 11.3 Å². The summed E-state index contributed by atoms with van der Waals surface area (Å²) in [5, 5.41) is 5.54. The van der Waals surface area contributed by atoms with E-state index in [1.54, 1.807) is 11.3 Å². The summed E-state index contributed by atoms with van der Waals surface area (Å²) in [6, 6.07) is 12.5. The monoisotopic (exact) mass is 288 g/mol. The number of hydrogen-bond donors (Lipinski definition) is 2. The zero-order valence-corrected chi connectivity index (χ0v) is 12.7. The van der Waals surface area contributed by atoms with Gasteiger partial charge in [-0.05, 0) is 36.4 Å². The maximum atomic E-state index is 11.0. The fourth-order valence-corrected chi connectivity index (χ4v) is 2.91. The zero-order chi connectivity index (χ0) is 14.6. The molecule has 1 aromatic heterocycles. The van der Waals surface area contributed by atoms with E-state index < -0.39 is 0 Å². The van der Waals surface area contributed by atoms with E-state index in [0.29, 0.717) is 6.42 Å². The van der Waals surface area contributed by atoms with Crippen molar-refractivity contribution in [1.29, 1.82) is 0 Å². The van der Waals surface area contributed by atoms with Crippen molar-refractivity contribution in [2.24, 2.45) is 5.73 Å². The van der Waals surface area contributed by atoms with Gasteiger partial charge in [0.2, 0.25) is 5.91 Å². The van der Waals surface area contributed by atoms with Crippen LogP contribution in [0.2, 0.25) is 0 Å². The van der Waals surface area contributed by atoms with Crippen molar-refractivity contribution in [3.8, 4) is 11.1 Å². The minimum Gasteiger partial charge on any atom is -0.370 e. The SMILES string of the molecule is CC(C)(CC(N)=O)NCc1cc(-c2ccccc2)cs1. The molecule has 2 rings (SSSR count). The molecule has 0 unspecified atom stereocenters. The second kappa shape index (κ2) is 6.20. The molecule has 0 aliphatic carbocycles. The molecule has 0 atom stereocenters. The molecular formula is C16H20N2OS. The van der Waals surface area contributed by atoms with Crippen molar-refractivity contribution in [2.75, 3.05) is 0 Å². The molecule has 0 spiro atoms. The van der Waals surface area contributed by atoms with Crippen LogP contribution in [0.5, 0.6) is 0 Å². The number of rotatable bonds is 6. The third-order valence-electron chi connectivity index (χ3n) is 3.12. The molecule has 0 aliphatic rings. The maximum Gasteiger partial charge on any atom is 0.219 e. The second-order valence-corrected chi connectivity index (χ2v) is 6.54. The van der Waals surface area contributed by atoms with Gasteiger partial charge in [0.15, 0.2) is 0 Å². The van der Waals surface area contributed by atoms with Crippen molar-refractivity contribution in [1.82, 2.24) is 5.32 Å². The van der Waals surface area contributed by atoms with Gasteiger partial charge in [-0.3, -0.25) is 4.79 Å². The van der Waals surface area contributed by atoms with Gasteiger partial charge in [0.25, 0.3) is 0 Å². The van der Waals surface area contributed by atoms with Crippen LogP contribution in [0.25, 0.3) is 11.1 Å². The van der Waals surface area contributed by atoms with Gasteiger partial charge in [0.1, 0.15) is 0 Å². The Morgan fingerprint density at radius 1 is 1.25 bits per heavy atom. The van der Waals surface area contributed by atoms with Crippen LogP contribution >= 0.6 is 11.3 Å². The van der Waals surface area contributed by atoms with Crippen molar-refractivity contribution in [3.63, 3.8) is 0 Å². The third-order valence-corrected chi connectivity index (χ3v) is 4.05. The lowest BCUT2D eigenvalue weighted by molar-refractivity contribution is -0.119. The average molecular weight is 288 g/mol. The summed E-state index contributed by atoms with van der Waals surface area (Å²) in [4.78, 5) is 12.3. The summed E-state index contributed by atoms with van der Waals surface area (Å²) in [6.45, 7) is 4.73. The molecule has 0 radical (unpaired) electrons. The van der Waals surface area contributed by atoms with Crippen LogP contribution in [0.4, 0.5) is 0 Å². The molecule has 0 aliphatic heterocycles. The van der Waals surface area contributed by atoms with Gasteiger partial charge in [-0.25, -0.2) is 0 Å². The Labute approximate surface area is 123 Å². The third kappa shape index (κ3) is 4.18. The average Bonchev–Trinajstić information content (AvgIpc) is 2.85. The zero-order valence-electron chi connectivity index (χ0n) is 11.8. The molecule has 1 amide bonds. The predicted octanol–water partition coefficient (Wildman–Crippen LogP) is 3.16. The molecule has 3 N–H and O–H groups in total. The Hall–Kier alpha value is -1.65. The molecule has 0 fully saturated rings. The molecule has 0 saturated heterocycles. The Balaban J connectivity index is 1.99. The minimum atomic E-state index is -0.279. The molecule has 1 heterocycles. The van der Waals surface area contributed by atoms with Crippen molar-refractivity contribution >= 4 is 17.2 Å². The number of amides is 1. The number of hydrogen-bond acceptors (Lipinski definition) is 3. The Kier molecular flexibility index (Phi) is 4.57. The first kappa shape index (κ1) is 14.8. The lowest BCUT2D eigenvalue weighted by Gasteiger charge is -2.24. The van der Waals surface area contributed by atoms with Gasteiger partial charge >= 0.3 is 0 Å². The highest BCUT2D eigenvalue weighted by Crippen LogP contribution is 2.25. The van der Waals surface area contributed by atoms with Crippen LogP contribution in [-0.2, 0) is 11.3 Å². The molecular weight excluding hydrogens is 268 g/mol. The summed E-state index contributed by atoms with van der Waals surface area (Å²) in [5.41, 5.74) is 7.44. The van der Waals surface area contributed by atoms with E-state index in [4.69, 9.17) is 5.73 Å². The lowest BCUT2D eigenvalue weighted by atomic mass is 10.0. The number of benzene rings is 1. The fourth-order valence-electron chi connectivity index (χ4n) is 2.08. The van der Waals surface area contributed by atoms with Crippen LogP contribution in [0.1, 0.15) is 25.1 Å². The van der Waals surface area contributed by atoms with Gasteiger partial charge in [0.05, 0.1) is 0 Å². The highest BCUT2D eigenvalue weighted by atomic mass is 32.1. The largest absolute Gasteiger partial charge is 0.370 e. The van der Waals surface area contributed by atoms with E-state index in [-0.39, 0.29) is 11.4 Å². The van der Waals surface area contributed by atoms with Gasteiger partial charge in [-0.2, -0.15) is 0 Å². The molecule has 20 heavy (non-hydrogen) atoms. The Morgan fingerprint density at radius 3 is 2.60 bits per heavy atom. The summed E-state index contributed by atoms with van der Waals surface area (Å²) in [7, 11) is 0. The first-order chi connectivity index (χ1) is 9.46. The normalized spacial score (nSPS) is 11.5. The number of primary amides is 1. The number of nitrogens with one attached hydrogen (secondary N) is 1. The van der Waals surface area contributed by atoms with E-state index in [0.717, 1.165) is 6.54 Å². The topological polar surface area (TPSA) is 55.1 Å². The molecule has 106 valence electrons. The highest BCUT2D eigenvalue weighted by Gasteiger charge is 2.19. The van der Waals surface area contributed by atoms with E-state index in [1.165, 1.54) is 16.0 Å². The Bertz CT molecular complexity index is 575. The van der Waals surface area contributed by atoms with Crippen molar-refractivity contribution < 1.29 is 4.79 Å². The molecule has 2 aromatic rings. The van der Waals surface area contributed by atoms with Crippen LogP contribution < -0.4 is 11.1 Å². The van der Waals surface area contributed by atoms with E-state index >= 15 is 0 Å². The number of thiophene rings is 1. The summed E-state index contributed by atoms with van der Waals surface area (Å²) < 4.78 is 0. The fraction of sp³-hybridized carbons (Fsp3) is 0.312. The van der Waals surface area contributed by atoms with Crippen molar-refractivity contribution in [2.45, 2.75) is 32.4 Å². The number of carbonyl (C=O) groups excluding carboxylic acids is 1. The predicted molar refractivity (Wildman–Crippen MR) is 84.5 cm³/mol. The summed E-state index contributed by atoms with van der Waals surface area (Å²) in [6.07, 6.45) is 0.337. The van der Waals surface area contributed by atoms with Crippen LogP contribution in [-0.4, -0.2) is 11.4 Å². The summed E-state index contributed by atoms with van der Waals surface area (Å²) >= 11 is 1.73. The number of nitrogens with two attached hydrogens (primary N) is 1. The highest BCUT2D eigenvalue weighted by molar-refractivity contribution is 7.10. The first-order valence-corrected chi connectivity index (χ1v) is 7.50. The molecule has 4 heteroatoms. The smallest absolute Gasteiger partial charge is 0.219 e.